The van der Waals surface area contributed by atoms with Gasteiger partial charge in [0.2, 0.25) is 10.0 Å². The van der Waals surface area contributed by atoms with Crippen molar-refractivity contribution in [2.24, 2.45) is 0 Å². The van der Waals surface area contributed by atoms with Crippen LogP contribution >= 0.6 is 0 Å². The molecule has 1 aliphatic rings. The molecule has 1 aromatic carbocycles. The normalized spacial score (nSPS) is 15.4. The number of benzene rings is 1. The Morgan fingerprint density at radius 3 is 2.68 bits per heavy atom. The Bertz CT molecular complexity index is 595. The van der Waals surface area contributed by atoms with Crippen LogP contribution in [-0.2, 0) is 10.0 Å². The third kappa shape index (κ3) is 3.57. The van der Waals surface area contributed by atoms with Crippen LogP contribution in [0.4, 0.5) is 0 Å². The van der Waals surface area contributed by atoms with Crippen molar-refractivity contribution in [3.05, 3.63) is 29.8 Å². The van der Waals surface area contributed by atoms with Gasteiger partial charge < -0.3 is 5.11 Å². The quantitative estimate of drug-likeness (QED) is 0.815. The lowest BCUT2D eigenvalue weighted by atomic mass is 9.94. The van der Waals surface area contributed by atoms with Gasteiger partial charge in [0.1, 0.15) is 0 Å². The standard InChI is InChI=1S/C14H17NO3S/c16-11-4-3-7-12-6-1-2-10-14(12)19(17,18)15-13-8-5-9-13/h1-2,6,10,13,15-16H,4-5,8-9,11H2. The Balaban J connectivity index is 2.25. The largest absolute Gasteiger partial charge is 0.395 e. The molecule has 0 aliphatic heterocycles. The number of hydrogen-bond donors (Lipinski definition) is 2. The highest BCUT2D eigenvalue weighted by Gasteiger charge is 2.25. The Morgan fingerprint density at radius 1 is 1.32 bits per heavy atom. The lowest BCUT2D eigenvalue weighted by Crippen LogP contribution is -2.39. The van der Waals surface area contributed by atoms with Gasteiger partial charge in [-0.2, -0.15) is 0 Å². The molecule has 1 saturated carbocycles. The fourth-order valence-electron chi connectivity index (χ4n) is 1.83. The number of nitrogens with one attached hydrogen (secondary N) is 1. The zero-order chi connectivity index (χ0) is 13.7. The van der Waals surface area contributed by atoms with E-state index in [9.17, 15) is 8.42 Å². The summed E-state index contributed by atoms with van der Waals surface area (Å²) in [6, 6.07) is 6.74. The third-order valence-corrected chi connectivity index (χ3v) is 4.64. The summed E-state index contributed by atoms with van der Waals surface area (Å²) in [4.78, 5) is 0.215. The lowest BCUT2D eigenvalue weighted by molar-refractivity contribution is 0.305. The van der Waals surface area contributed by atoms with Crippen molar-refractivity contribution in [1.29, 1.82) is 0 Å². The molecule has 0 heterocycles. The molecule has 0 radical (unpaired) electrons. The predicted molar refractivity (Wildman–Crippen MR) is 73.0 cm³/mol. The Kier molecular flexibility index (Phi) is 4.59. The first-order valence-corrected chi connectivity index (χ1v) is 7.83. The number of aliphatic hydroxyl groups excluding tert-OH is 1. The van der Waals surface area contributed by atoms with Gasteiger partial charge in [-0.3, -0.25) is 0 Å². The van der Waals surface area contributed by atoms with E-state index >= 15 is 0 Å². The third-order valence-electron chi connectivity index (χ3n) is 3.06. The van der Waals surface area contributed by atoms with Gasteiger partial charge in [0.15, 0.2) is 0 Å². The first kappa shape index (κ1) is 14.1. The summed E-state index contributed by atoms with van der Waals surface area (Å²) in [5.41, 5.74) is 0.475. The van der Waals surface area contributed by atoms with Crippen LogP contribution in [-0.4, -0.2) is 26.2 Å². The highest BCUT2D eigenvalue weighted by atomic mass is 32.2. The van der Waals surface area contributed by atoms with E-state index in [-0.39, 0.29) is 17.5 Å². The predicted octanol–water partition coefficient (Wildman–Crippen LogP) is 1.25. The molecule has 0 bridgehead atoms. The first-order valence-electron chi connectivity index (χ1n) is 6.34. The molecule has 2 rings (SSSR count). The summed E-state index contributed by atoms with van der Waals surface area (Å²) in [5.74, 6) is 5.55. The van der Waals surface area contributed by atoms with Gasteiger partial charge in [-0.05, 0) is 25.0 Å². The van der Waals surface area contributed by atoms with Crippen molar-refractivity contribution >= 4 is 10.0 Å². The molecular weight excluding hydrogens is 262 g/mol. The Labute approximate surface area is 113 Å². The van der Waals surface area contributed by atoms with Crippen LogP contribution in [0.5, 0.6) is 0 Å². The van der Waals surface area contributed by atoms with E-state index in [2.05, 4.69) is 16.6 Å². The molecule has 0 unspecified atom stereocenters. The Morgan fingerprint density at radius 2 is 2.05 bits per heavy atom. The molecule has 0 aromatic heterocycles. The average molecular weight is 279 g/mol. The van der Waals surface area contributed by atoms with Gasteiger partial charge in [-0.25, -0.2) is 13.1 Å². The summed E-state index contributed by atoms with van der Waals surface area (Å²) in [6.45, 7) is -0.0256. The molecule has 4 nitrogen and oxygen atoms in total. The second kappa shape index (κ2) is 6.20. The average Bonchev–Trinajstić information content (AvgIpc) is 2.35. The van der Waals surface area contributed by atoms with E-state index in [4.69, 9.17) is 5.11 Å². The molecule has 102 valence electrons. The van der Waals surface area contributed by atoms with Gasteiger partial charge in [-0.1, -0.05) is 30.4 Å². The SMILES string of the molecule is O=S(=O)(NC1CCC1)c1ccccc1C#CCCO. The van der Waals surface area contributed by atoms with Gasteiger partial charge in [0, 0.05) is 18.0 Å². The van der Waals surface area contributed by atoms with Gasteiger partial charge in [-0.15, -0.1) is 0 Å². The van der Waals surface area contributed by atoms with E-state index in [0.29, 0.717) is 12.0 Å². The molecule has 0 saturated heterocycles. The molecular formula is C14H17NO3S. The maximum absolute atomic E-state index is 12.3. The summed E-state index contributed by atoms with van der Waals surface area (Å²) < 4.78 is 27.2. The molecule has 19 heavy (non-hydrogen) atoms. The highest BCUT2D eigenvalue weighted by molar-refractivity contribution is 7.89. The van der Waals surface area contributed by atoms with Crippen LogP contribution in [0.15, 0.2) is 29.2 Å². The number of hydrogen-bond acceptors (Lipinski definition) is 3. The zero-order valence-electron chi connectivity index (χ0n) is 10.6. The van der Waals surface area contributed by atoms with Crippen molar-refractivity contribution in [1.82, 2.24) is 4.72 Å². The molecule has 2 N–H and O–H groups in total. The van der Waals surface area contributed by atoms with Crippen LogP contribution in [0, 0.1) is 11.8 Å². The zero-order valence-corrected chi connectivity index (χ0v) is 11.4. The van der Waals surface area contributed by atoms with Crippen LogP contribution < -0.4 is 4.72 Å². The smallest absolute Gasteiger partial charge is 0.242 e. The first-order chi connectivity index (χ1) is 9.13. The fraction of sp³-hybridized carbons (Fsp3) is 0.429. The molecule has 1 aromatic rings. The van der Waals surface area contributed by atoms with E-state index in [1.54, 1.807) is 24.3 Å². The van der Waals surface area contributed by atoms with Crippen LogP contribution in [0.25, 0.3) is 0 Å². The summed E-state index contributed by atoms with van der Waals surface area (Å²) in [6.07, 6.45) is 3.21. The molecule has 1 fully saturated rings. The minimum Gasteiger partial charge on any atom is -0.395 e. The molecule has 0 atom stereocenters. The van der Waals surface area contributed by atoms with Gasteiger partial charge >= 0.3 is 0 Å². The molecule has 0 spiro atoms. The monoisotopic (exact) mass is 279 g/mol. The molecule has 1 aliphatic carbocycles. The van der Waals surface area contributed by atoms with Crippen molar-refractivity contribution in [3.8, 4) is 11.8 Å². The molecule has 5 heteroatoms. The van der Waals surface area contributed by atoms with E-state index in [1.165, 1.54) is 0 Å². The van der Waals surface area contributed by atoms with Crippen LogP contribution in [0.3, 0.4) is 0 Å². The van der Waals surface area contributed by atoms with E-state index < -0.39 is 10.0 Å². The minimum atomic E-state index is -3.50. The summed E-state index contributed by atoms with van der Waals surface area (Å²) >= 11 is 0. The van der Waals surface area contributed by atoms with Crippen molar-refractivity contribution in [2.75, 3.05) is 6.61 Å². The van der Waals surface area contributed by atoms with Crippen molar-refractivity contribution in [3.63, 3.8) is 0 Å². The highest BCUT2D eigenvalue weighted by Crippen LogP contribution is 2.22. The minimum absolute atomic E-state index is 0.0256. The maximum Gasteiger partial charge on any atom is 0.242 e. The lowest BCUT2D eigenvalue weighted by Gasteiger charge is -2.26. The van der Waals surface area contributed by atoms with Crippen LogP contribution in [0.2, 0.25) is 0 Å². The number of aliphatic hydroxyl groups is 1. The van der Waals surface area contributed by atoms with Crippen LogP contribution in [0.1, 0.15) is 31.2 Å². The topological polar surface area (TPSA) is 66.4 Å². The fourth-order valence-corrected chi connectivity index (χ4v) is 3.29. The van der Waals surface area contributed by atoms with E-state index in [0.717, 1.165) is 19.3 Å². The van der Waals surface area contributed by atoms with Gasteiger partial charge in [0.25, 0.3) is 0 Å². The molecule has 0 amide bonds. The van der Waals surface area contributed by atoms with Crippen molar-refractivity contribution in [2.45, 2.75) is 36.6 Å². The van der Waals surface area contributed by atoms with E-state index in [1.807, 2.05) is 0 Å². The Hall–Kier alpha value is -1.35. The number of rotatable bonds is 4. The van der Waals surface area contributed by atoms with Crippen molar-refractivity contribution < 1.29 is 13.5 Å². The second-order valence-electron chi connectivity index (χ2n) is 4.52. The number of sulfonamides is 1. The summed E-state index contributed by atoms with van der Waals surface area (Å²) in [7, 11) is -3.50. The van der Waals surface area contributed by atoms with Gasteiger partial charge in [0.05, 0.1) is 11.5 Å². The second-order valence-corrected chi connectivity index (χ2v) is 6.20. The maximum atomic E-state index is 12.3. The summed E-state index contributed by atoms with van der Waals surface area (Å²) in [5, 5.41) is 8.70.